The van der Waals surface area contributed by atoms with Gasteiger partial charge in [-0.2, -0.15) is 0 Å². The smallest absolute Gasteiger partial charge is 0.340 e. The van der Waals surface area contributed by atoms with Crippen LogP contribution in [0.1, 0.15) is 35.1 Å². The molecule has 1 aliphatic heterocycles. The lowest BCUT2D eigenvalue weighted by Crippen LogP contribution is -2.46. The standard InChI is InChI=1S/C26H24ClNO5/c1-15-14-32-22-13-23-20(11-19(15)22)16(2)21(25(30)33-23)12-24(29)28-9-7-26(31,8-10-28)17-3-5-18(27)6-4-17/h3-6,11,13-14,31H,7-10,12H2,1-2H3. The average Bonchev–Trinajstić information content (AvgIpc) is 3.16. The van der Waals surface area contributed by atoms with Crippen LogP contribution in [0.25, 0.3) is 21.9 Å². The number of hydrogen-bond donors (Lipinski definition) is 1. The number of aryl methyl sites for hydroxylation is 2. The summed E-state index contributed by atoms with van der Waals surface area (Å²) in [5.41, 5.74) is 2.51. The van der Waals surface area contributed by atoms with Crippen molar-refractivity contribution >= 4 is 39.4 Å². The molecule has 6 nitrogen and oxygen atoms in total. The molecule has 1 amide bonds. The lowest BCUT2D eigenvalue weighted by atomic mass is 9.84. The van der Waals surface area contributed by atoms with Crippen LogP contribution >= 0.6 is 11.6 Å². The van der Waals surface area contributed by atoms with Gasteiger partial charge in [0, 0.05) is 35.0 Å². The molecule has 4 aromatic rings. The molecule has 0 unspecified atom stereocenters. The Labute approximate surface area is 195 Å². The molecule has 170 valence electrons. The van der Waals surface area contributed by atoms with Crippen molar-refractivity contribution in [2.24, 2.45) is 0 Å². The summed E-state index contributed by atoms with van der Waals surface area (Å²) >= 11 is 5.96. The number of furan rings is 1. The Kier molecular flexibility index (Phi) is 5.30. The van der Waals surface area contributed by atoms with Crippen molar-refractivity contribution < 1.29 is 18.7 Å². The molecular weight excluding hydrogens is 442 g/mol. The monoisotopic (exact) mass is 465 g/mol. The van der Waals surface area contributed by atoms with Gasteiger partial charge in [0.15, 0.2) is 0 Å². The van der Waals surface area contributed by atoms with E-state index in [1.54, 1.807) is 29.4 Å². The zero-order valence-electron chi connectivity index (χ0n) is 18.5. The van der Waals surface area contributed by atoms with E-state index in [9.17, 15) is 14.7 Å². The minimum absolute atomic E-state index is 0.0358. The molecule has 0 radical (unpaired) electrons. The first-order valence-electron chi connectivity index (χ1n) is 11.0. The van der Waals surface area contributed by atoms with E-state index >= 15 is 0 Å². The highest BCUT2D eigenvalue weighted by Crippen LogP contribution is 2.34. The fourth-order valence-electron chi connectivity index (χ4n) is 4.68. The Morgan fingerprint density at radius 1 is 1.09 bits per heavy atom. The van der Waals surface area contributed by atoms with Crippen LogP contribution in [0.4, 0.5) is 0 Å². The van der Waals surface area contributed by atoms with Gasteiger partial charge in [-0.05, 0) is 61.6 Å². The number of benzene rings is 2. The van der Waals surface area contributed by atoms with Gasteiger partial charge in [0.25, 0.3) is 0 Å². The van der Waals surface area contributed by atoms with Gasteiger partial charge in [-0.15, -0.1) is 0 Å². The number of piperidine rings is 1. The summed E-state index contributed by atoms with van der Waals surface area (Å²) in [6.07, 6.45) is 2.47. The minimum Gasteiger partial charge on any atom is -0.464 e. The summed E-state index contributed by atoms with van der Waals surface area (Å²) in [6.45, 7) is 4.62. The molecule has 0 bridgehead atoms. The lowest BCUT2D eigenvalue weighted by Gasteiger charge is -2.38. The van der Waals surface area contributed by atoms with E-state index in [0.717, 1.165) is 27.5 Å². The molecule has 1 saturated heterocycles. The van der Waals surface area contributed by atoms with Crippen molar-refractivity contribution in [2.45, 2.75) is 38.7 Å². The second-order valence-corrected chi connectivity index (χ2v) is 9.29. The van der Waals surface area contributed by atoms with E-state index < -0.39 is 11.2 Å². The Bertz CT molecular complexity index is 1430. The number of likely N-dealkylation sites (tertiary alicyclic amines) is 1. The maximum absolute atomic E-state index is 13.1. The SMILES string of the molecule is Cc1coc2cc3oc(=O)c(CC(=O)N4CCC(O)(c5ccc(Cl)cc5)CC4)c(C)c3cc12. The highest BCUT2D eigenvalue weighted by atomic mass is 35.5. The van der Waals surface area contributed by atoms with Crippen molar-refractivity contribution in [3.63, 3.8) is 0 Å². The summed E-state index contributed by atoms with van der Waals surface area (Å²) in [5, 5.41) is 13.4. The highest BCUT2D eigenvalue weighted by molar-refractivity contribution is 6.30. The Balaban J connectivity index is 1.37. The molecule has 33 heavy (non-hydrogen) atoms. The van der Waals surface area contributed by atoms with Crippen LogP contribution in [-0.4, -0.2) is 29.0 Å². The summed E-state index contributed by atoms with van der Waals surface area (Å²) in [7, 11) is 0. The first kappa shape index (κ1) is 21.7. The quantitative estimate of drug-likeness (QED) is 0.437. The molecule has 0 saturated carbocycles. The van der Waals surface area contributed by atoms with Crippen LogP contribution in [-0.2, 0) is 16.8 Å². The first-order chi connectivity index (χ1) is 15.7. The summed E-state index contributed by atoms with van der Waals surface area (Å²) < 4.78 is 11.1. The maximum Gasteiger partial charge on any atom is 0.340 e. The van der Waals surface area contributed by atoms with Gasteiger partial charge in [-0.3, -0.25) is 4.79 Å². The molecule has 3 heterocycles. The predicted octanol–water partition coefficient (Wildman–Crippen LogP) is 4.86. The van der Waals surface area contributed by atoms with Gasteiger partial charge in [0.05, 0.1) is 23.8 Å². The molecular formula is C26H24ClNO5. The van der Waals surface area contributed by atoms with Crippen LogP contribution in [0.2, 0.25) is 5.02 Å². The Morgan fingerprint density at radius 2 is 1.79 bits per heavy atom. The second-order valence-electron chi connectivity index (χ2n) is 8.85. The normalized spacial score (nSPS) is 15.9. The maximum atomic E-state index is 13.1. The zero-order valence-corrected chi connectivity index (χ0v) is 19.2. The molecule has 0 atom stereocenters. The van der Waals surface area contributed by atoms with Gasteiger partial charge in [0.2, 0.25) is 5.91 Å². The molecule has 2 aromatic carbocycles. The highest BCUT2D eigenvalue weighted by Gasteiger charge is 2.35. The van der Waals surface area contributed by atoms with Crippen LogP contribution in [0.3, 0.4) is 0 Å². The first-order valence-corrected chi connectivity index (χ1v) is 11.3. The van der Waals surface area contributed by atoms with Crippen molar-refractivity contribution in [3.8, 4) is 0 Å². The van der Waals surface area contributed by atoms with Gasteiger partial charge < -0.3 is 18.8 Å². The topological polar surface area (TPSA) is 83.9 Å². The molecule has 1 fully saturated rings. The lowest BCUT2D eigenvalue weighted by molar-refractivity contribution is -0.135. The number of aliphatic hydroxyl groups is 1. The van der Waals surface area contributed by atoms with Crippen molar-refractivity contribution in [1.82, 2.24) is 4.90 Å². The predicted molar refractivity (Wildman–Crippen MR) is 127 cm³/mol. The van der Waals surface area contributed by atoms with E-state index in [1.807, 2.05) is 32.0 Å². The zero-order chi connectivity index (χ0) is 23.3. The number of halogens is 1. The van der Waals surface area contributed by atoms with Crippen molar-refractivity contribution in [3.05, 3.63) is 80.4 Å². The van der Waals surface area contributed by atoms with Crippen LogP contribution in [0.15, 0.2) is 56.3 Å². The van der Waals surface area contributed by atoms with Crippen molar-refractivity contribution in [1.29, 1.82) is 0 Å². The summed E-state index contributed by atoms with van der Waals surface area (Å²) in [5.74, 6) is -0.150. The summed E-state index contributed by atoms with van der Waals surface area (Å²) in [6, 6.07) is 10.8. The largest absolute Gasteiger partial charge is 0.464 e. The molecule has 1 aliphatic rings. The number of nitrogens with zero attached hydrogens (tertiary/aromatic N) is 1. The molecule has 2 aromatic heterocycles. The van der Waals surface area contributed by atoms with Gasteiger partial charge in [0.1, 0.15) is 11.2 Å². The van der Waals surface area contributed by atoms with E-state index in [4.69, 9.17) is 20.4 Å². The van der Waals surface area contributed by atoms with Crippen LogP contribution in [0.5, 0.6) is 0 Å². The van der Waals surface area contributed by atoms with Crippen LogP contribution in [0, 0.1) is 13.8 Å². The van der Waals surface area contributed by atoms with E-state index in [-0.39, 0.29) is 12.3 Å². The van der Waals surface area contributed by atoms with Gasteiger partial charge >= 0.3 is 5.63 Å². The Morgan fingerprint density at radius 3 is 2.48 bits per heavy atom. The number of carbonyl (C=O) groups excluding carboxylic acids is 1. The third kappa shape index (κ3) is 3.83. The third-order valence-corrected chi connectivity index (χ3v) is 7.08. The van der Waals surface area contributed by atoms with Gasteiger partial charge in [-0.1, -0.05) is 23.7 Å². The number of amides is 1. The average molecular weight is 466 g/mol. The number of rotatable bonds is 3. The molecule has 0 aliphatic carbocycles. The minimum atomic E-state index is -0.993. The van der Waals surface area contributed by atoms with Crippen LogP contribution < -0.4 is 5.63 Å². The molecule has 1 N–H and O–H groups in total. The third-order valence-electron chi connectivity index (χ3n) is 6.83. The number of hydrogen-bond acceptors (Lipinski definition) is 5. The van der Waals surface area contributed by atoms with Crippen molar-refractivity contribution in [2.75, 3.05) is 13.1 Å². The summed E-state index contributed by atoms with van der Waals surface area (Å²) in [4.78, 5) is 27.5. The second kappa shape index (κ2) is 8.04. The number of carbonyl (C=O) groups is 1. The molecule has 0 spiro atoms. The molecule has 5 rings (SSSR count). The fraction of sp³-hybridized carbons (Fsp3) is 0.308. The van der Waals surface area contributed by atoms with E-state index in [0.29, 0.717) is 47.7 Å². The van der Waals surface area contributed by atoms with Gasteiger partial charge in [-0.25, -0.2) is 4.79 Å². The van der Waals surface area contributed by atoms with E-state index in [2.05, 4.69) is 0 Å². The number of fused-ring (bicyclic) bond motifs is 2. The van der Waals surface area contributed by atoms with E-state index in [1.165, 1.54) is 0 Å². The fourth-order valence-corrected chi connectivity index (χ4v) is 4.81. The molecule has 7 heteroatoms. The Hall–Kier alpha value is -3.09.